The third-order valence-electron chi connectivity index (χ3n) is 8.82. The first-order valence-corrected chi connectivity index (χ1v) is 12.7. The second-order valence-corrected chi connectivity index (χ2v) is 11.2. The van der Waals surface area contributed by atoms with Gasteiger partial charge in [0, 0.05) is 33.1 Å². The maximum atomic E-state index is 13.0. The molecule has 1 aromatic carbocycles. The molecule has 7 heteroatoms. The summed E-state index contributed by atoms with van der Waals surface area (Å²) in [4.78, 5) is 39.6. The molecule has 1 atom stereocenters. The molecule has 1 aromatic heterocycles. The molecule has 2 aromatic rings. The van der Waals surface area contributed by atoms with Crippen LogP contribution in [0.1, 0.15) is 75.3 Å². The minimum atomic E-state index is -0.623. The fourth-order valence-electron chi connectivity index (χ4n) is 7.11. The molecule has 1 unspecified atom stereocenters. The molecule has 7 nitrogen and oxygen atoms in total. The van der Waals surface area contributed by atoms with Gasteiger partial charge in [0.2, 0.25) is 11.8 Å². The van der Waals surface area contributed by atoms with E-state index in [0.29, 0.717) is 17.8 Å². The van der Waals surface area contributed by atoms with Crippen LogP contribution in [0, 0.1) is 11.3 Å². The first-order chi connectivity index (χ1) is 15.9. The number of benzene rings is 1. The molecule has 6 rings (SSSR count). The van der Waals surface area contributed by atoms with Crippen molar-refractivity contribution in [1.29, 1.82) is 0 Å². The first-order valence-electron chi connectivity index (χ1n) is 12.7. The molecular weight excluding hydrogens is 416 g/mol. The minimum Gasteiger partial charge on any atom is -0.302 e. The third kappa shape index (κ3) is 3.56. The summed E-state index contributed by atoms with van der Waals surface area (Å²) in [6, 6.07) is 5.66. The van der Waals surface area contributed by atoms with Crippen molar-refractivity contribution in [3.63, 3.8) is 0 Å². The average Bonchev–Trinajstić information content (AvgIpc) is 3.00. The minimum absolute atomic E-state index is 0.195. The Bertz CT molecular complexity index is 1160. The van der Waals surface area contributed by atoms with Gasteiger partial charge in [-0.05, 0) is 67.1 Å². The molecule has 2 aliphatic carbocycles. The summed E-state index contributed by atoms with van der Waals surface area (Å²) in [5.74, 6) is 0.831. The number of carbonyl (C=O) groups excluding carboxylic acids is 2. The standard InChI is InChI=1S/C26H34N4O3/c1-28-22-11-18(7-8-20(22)30(25(28)33)21-9-10-23(31)27-24(21)32)19-12-26(13-19)15-29(16-26)14-17-5-3-2-4-6-17/h7-8,11,17,19,21H,2-6,9-10,12-16H2,1H3,(H,27,31,32). The van der Waals surface area contributed by atoms with E-state index < -0.39 is 6.04 Å². The third-order valence-corrected chi connectivity index (χ3v) is 8.82. The topological polar surface area (TPSA) is 76.3 Å². The summed E-state index contributed by atoms with van der Waals surface area (Å²) in [5, 5.41) is 2.38. The molecule has 2 saturated heterocycles. The van der Waals surface area contributed by atoms with Gasteiger partial charge < -0.3 is 4.90 Å². The Morgan fingerprint density at radius 2 is 1.76 bits per heavy atom. The van der Waals surface area contributed by atoms with Crippen LogP contribution < -0.4 is 11.0 Å². The van der Waals surface area contributed by atoms with E-state index in [0.717, 1.165) is 17.0 Å². The van der Waals surface area contributed by atoms with Crippen LogP contribution in [-0.4, -0.2) is 45.5 Å². The van der Waals surface area contributed by atoms with Gasteiger partial charge in [-0.15, -0.1) is 0 Å². The lowest BCUT2D eigenvalue weighted by Crippen LogP contribution is -2.62. The Hall–Kier alpha value is -2.41. The maximum Gasteiger partial charge on any atom is 0.329 e. The Morgan fingerprint density at radius 1 is 1.00 bits per heavy atom. The van der Waals surface area contributed by atoms with Crippen LogP contribution >= 0.6 is 0 Å². The number of rotatable bonds is 4. The number of carbonyl (C=O) groups is 2. The number of hydrogen-bond acceptors (Lipinski definition) is 4. The van der Waals surface area contributed by atoms with Gasteiger partial charge in [0.05, 0.1) is 11.0 Å². The van der Waals surface area contributed by atoms with Crippen molar-refractivity contribution < 1.29 is 9.59 Å². The molecule has 2 saturated carbocycles. The summed E-state index contributed by atoms with van der Waals surface area (Å²) in [6.45, 7) is 3.81. The van der Waals surface area contributed by atoms with Gasteiger partial charge in [-0.3, -0.25) is 24.0 Å². The normalized spacial score (nSPS) is 26.4. The quantitative estimate of drug-likeness (QED) is 0.727. The number of aromatic nitrogens is 2. The van der Waals surface area contributed by atoms with Crippen molar-refractivity contribution in [2.45, 2.75) is 69.7 Å². The van der Waals surface area contributed by atoms with E-state index in [1.807, 2.05) is 6.07 Å². The van der Waals surface area contributed by atoms with Gasteiger partial charge in [0.1, 0.15) is 6.04 Å². The summed E-state index contributed by atoms with van der Waals surface area (Å²) < 4.78 is 3.21. The van der Waals surface area contributed by atoms with Crippen LogP contribution in [0.4, 0.5) is 0 Å². The second kappa shape index (κ2) is 7.83. The summed E-state index contributed by atoms with van der Waals surface area (Å²) in [6.07, 6.45) is 10.2. The zero-order valence-electron chi connectivity index (χ0n) is 19.5. The monoisotopic (exact) mass is 450 g/mol. The van der Waals surface area contributed by atoms with Gasteiger partial charge in [0.15, 0.2) is 0 Å². The largest absolute Gasteiger partial charge is 0.329 e. The van der Waals surface area contributed by atoms with Gasteiger partial charge in [0.25, 0.3) is 0 Å². The molecule has 176 valence electrons. The van der Waals surface area contributed by atoms with Crippen LogP contribution in [0.5, 0.6) is 0 Å². The lowest BCUT2D eigenvalue weighted by Gasteiger charge is -2.60. The fourth-order valence-corrected chi connectivity index (χ4v) is 7.11. The van der Waals surface area contributed by atoms with Crippen LogP contribution in [0.3, 0.4) is 0 Å². The zero-order valence-corrected chi connectivity index (χ0v) is 19.5. The van der Waals surface area contributed by atoms with Crippen LogP contribution in [0.2, 0.25) is 0 Å². The number of imidazole rings is 1. The van der Waals surface area contributed by atoms with Crippen molar-refractivity contribution in [2.75, 3.05) is 19.6 Å². The molecule has 3 heterocycles. The second-order valence-electron chi connectivity index (χ2n) is 11.2. The van der Waals surface area contributed by atoms with Gasteiger partial charge in [-0.25, -0.2) is 4.79 Å². The molecule has 0 radical (unpaired) electrons. The highest BCUT2D eigenvalue weighted by atomic mass is 16.2. The number of hydrogen-bond donors (Lipinski definition) is 1. The Morgan fingerprint density at radius 3 is 2.48 bits per heavy atom. The number of likely N-dealkylation sites (tertiary alicyclic amines) is 1. The van der Waals surface area contributed by atoms with E-state index in [9.17, 15) is 14.4 Å². The molecule has 1 spiro atoms. The fraction of sp³-hybridized carbons (Fsp3) is 0.654. The van der Waals surface area contributed by atoms with E-state index in [1.54, 1.807) is 16.2 Å². The molecule has 33 heavy (non-hydrogen) atoms. The number of amides is 2. The molecule has 2 aliphatic heterocycles. The highest BCUT2D eigenvalue weighted by molar-refractivity contribution is 6.00. The highest BCUT2D eigenvalue weighted by Gasteiger charge is 2.52. The Balaban J connectivity index is 1.15. The molecule has 4 fully saturated rings. The highest BCUT2D eigenvalue weighted by Crippen LogP contribution is 2.56. The number of fused-ring (bicyclic) bond motifs is 1. The number of nitrogens with one attached hydrogen (secondary N) is 1. The van der Waals surface area contributed by atoms with Gasteiger partial charge in [-0.1, -0.05) is 25.3 Å². The summed E-state index contributed by atoms with van der Waals surface area (Å²) >= 11 is 0. The maximum absolute atomic E-state index is 13.0. The summed E-state index contributed by atoms with van der Waals surface area (Å²) in [7, 11) is 1.77. The van der Waals surface area contributed by atoms with E-state index in [4.69, 9.17) is 0 Å². The SMILES string of the molecule is Cn1c(=O)n(C2CCC(=O)NC2=O)c2ccc(C3CC4(C3)CN(CC3CCCCC3)C4)cc21. The molecule has 2 amide bonds. The molecular formula is C26H34N4O3. The predicted molar refractivity (Wildman–Crippen MR) is 126 cm³/mol. The number of piperidine rings is 1. The zero-order chi connectivity index (χ0) is 22.7. The van der Waals surface area contributed by atoms with Gasteiger partial charge in [-0.2, -0.15) is 0 Å². The Labute approximate surface area is 194 Å². The Kier molecular flexibility index (Phi) is 5.02. The van der Waals surface area contributed by atoms with Crippen LogP contribution in [0.15, 0.2) is 23.0 Å². The average molecular weight is 451 g/mol. The number of nitrogens with zero attached hydrogens (tertiary/aromatic N) is 3. The smallest absolute Gasteiger partial charge is 0.302 e. The van der Waals surface area contributed by atoms with E-state index in [1.165, 1.54) is 70.1 Å². The van der Waals surface area contributed by atoms with E-state index in [2.05, 4.69) is 22.3 Å². The lowest BCUT2D eigenvalue weighted by molar-refractivity contribution is -0.135. The van der Waals surface area contributed by atoms with Crippen molar-refractivity contribution in [2.24, 2.45) is 18.4 Å². The van der Waals surface area contributed by atoms with E-state index >= 15 is 0 Å². The van der Waals surface area contributed by atoms with E-state index in [-0.39, 0.29) is 23.9 Å². The molecule has 4 aliphatic rings. The van der Waals surface area contributed by atoms with Crippen molar-refractivity contribution in [3.05, 3.63) is 34.2 Å². The van der Waals surface area contributed by atoms with Gasteiger partial charge >= 0.3 is 5.69 Å². The summed E-state index contributed by atoms with van der Waals surface area (Å²) in [5.41, 5.74) is 3.26. The van der Waals surface area contributed by atoms with Crippen LogP contribution in [0.25, 0.3) is 11.0 Å². The van der Waals surface area contributed by atoms with Crippen molar-refractivity contribution >= 4 is 22.8 Å². The molecule has 0 bridgehead atoms. The van der Waals surface area contributed by atoms with Crippen LogP contribution in [-0.2, 0) is 16.6 Å². The lowest BCUT2D eigenvalue weighted by atomic mass is 9.56. The number of imide groups is 1. The van der Waals surface area contributed by atoms with Crippen molar-refractivity contribution in [1.82, 2.24) is 19.4 Å². The van der Waals surface area contributed by atoms with Crippen molar-refractivity contribution in [3.8, 4) is 0 Å². The predicted octanol–water partition coefficient (Wildman–Crippen LogP) is 3.08. The number of aryl methyl sites for hydroxylation is 1. The molecule has 1 N–H and O–H groups in total. The first kappa shape index (κ1) is 21.1.